The predicted molar refractivity (Wildman–Crippen MR) is 121 cm³/mol. The number of ether oxygens (including phenoxy) is 2. The number of rotatable bonds is 7. The van der Waals surface area contributed by atoms with E-state index in [9.17, 15) is 14.4 Å². The minimum atomic E-state index is -0.676. The first-order chi connectivity index (χ1) is 15.3. The molecule has 0 saturated heterocycles. The molecular formula is C22H21Cl2N3O5. The van der Waals surface area contributed by atoms with Crippen LogP contribution in [0.4, 0.5) is 10.5 Å². The number of benzene rings is 2. The van der Waals surface area contributed by atoms with Crippen molar-refractivity contribution >= 4 is 46.8 Å². The number of nitrogens with one attached hydrogen (secondary N) is 3. The van der Waals surface area contributed by atoms with Crippen LogP contribution in [0.5, 0.6) is 5.75 Å². The average molecular weight is 478 g/mol. The molecule has 0 aromatic heterocycles. The summed E-state index contributed by atoms with van der Waals surface area (Å²) in [7, 11) is 0. The van der Waals surface area contributed by atoms with Gasteiger partial charge in [0.1, 0.15) is 5.75 Å². The second-order valence-corrected chi connectivity index (χ2v) is 7.58. The highest BCUT2D eigenvalue weighted by molar-refractivity contribution is 6.44. The van der Waals surface area contributed by atoms with Gasteiger partial charge in [-0.2, -0.15) is 0 Å². The number of anilines is 1. The van der Waals surface area contributed by atoms with E-state index in [0.29, 0.717) is 33.3 Å². The molecule has 1 aliphatic rings. The van der Waals surface area contributed by atoms with Crippen LogP contribution in [0.15, 0.2) is 53.7 Å². The van der Waals surface area contributed by atoms with Crippen molar-refractivity contribution in [1.82, 2.24) is 10.6 Å². The van der Waals surface area contributed by atoms with Gasteiger partial charge in [0.2, 0.25) is 0 Å². The van der Waals surface area contributed by atoms with E-state index in [-0.39, 0.29) is 18.2 Å². The van der Waals surface area contributed by atoms with Gasteiger partial charge in [-0.3, -0.25) is 4.79 Å². The Labute approximate surface area is 194 Å². The number of allylic oxidation sites excluding steroid dienone is 1. The number of amides is 3. The van der Waals surface area contributed by atoms with Crippen molar-refractivity contribution in [3.8, 4) is 5.75 Å². The molecule has 0 radical (unpaired) electrons. The summed E-state index contributed by atoms with van der Waals surface area (Å²) in [5.74, 6) is -0.495. The van der Waals surface area contributed by atoms with E-state index in [1.165, 1.54) is 0 Å². The number of urea groups is 1. The van der Waals surface area contributed by atoms with E-state index < -0.39 is 23.9 Å². The van der Waals surface area contributed by atoms with Crippen LogP contribution in [0.1, 0.15) is 25.5 Å². The Kier molecular flexibility index (Phi) is 7.61. The zero-order valence-electron chi connectivity index (χ0n) is 17.3. The quantitative estimate of drug-likeness (QED) is 0.518. The Bertz CT molecular complexity index is 1070. The smallest absolute Gasteiger partial charge is 0.338 e. The second-order valence-electron chi connectivity index (χ2n) is 6.80. The molecule has 3 amide bonds. The zero-order chi connectivity index (χ0) is 23.3. The summed E-state index contributed by atoms with van der Waals surface area (Å²) < 4.78 is 10.6. The van der Waals surface area contributed by atoms with Gasteiger partial charge in [0.05, 0.1) is 34.0 Å². The minimum absolute atomic E-state index is 0.214. The minimum Gasteiger partial charge on any atom is -0.484 e. The fourth-order valence-electron chi connectivity index (χ4n) is 3.12. The van der Waals surface area contributed by atoms with Crippen molar-refractivity contribution in [1.29, 1.82) is 0 Å². The van der Waals surface area contributed by atoms with E-state index in [4.69, 9.17) is 32.7 Å². The van der Waals surface area contributed by atoms with Crippen LogP contribution in [0, 0.1) is 0 Å². The SMILES string of the molecule is CCOC(=O)C1=C(C)NC(=O)NC1c1ccc(OCC(=O)Nc2cccc(Cl)c2Cl)cc1. The molecule has 2 aromatic rings. The molecule has 0 fully saturated rings. The van der Waals surface area contributed by atoms with Gasteiger partial charge >= 0.3 is 12.0 Å². The Morgan fingerprint density at radius 1 is 1.12 bits per heavy atom. The summed E-state index contributed by atoms with van der Waals surface area (Å²) in [6.45, 7) is 3.31. The monoisotopic (exact) mass is 477 g/mol. The first-order valence-electron chi connectivity index (χ1n) is 9.72. The summed E-state index contributed by atoms with van der Waals surface area (Å²) in [6.07, 6.45) is 0. The van der Waals surface area contributed by atoms with Crippen LogP contribution in [0.3, 0.4) is 0 Å². The van der Waals surface area contributed by atoms with E-state index in [0.717, 1.165) is 0 Å². The summed E-state index contributed by atoms with van der Waals surface area (Å²) in [5, 5.41) is 8.51. The van der Waals surface area contributed by atoms with Crippen molar-refractivity contribution in [3.63, 3.8) is 0 Å². The number of hydrogen-bond donors (Lipinski definition) is 3. The molecule has 3 rings (SSSR count). The highest BCUT2D eigenvalue weighted by Crippen LogP contribution is 2.30. The third-order valence-electron chi connectivity index (χ3n) is 4.57. The molecule has 0 saturated carbocycles. The maximum Gasteiger partial charge on any atom is 0.338 e. The third kappa shape index (κ3) is 5.52. The summed E-state index contributed by atoms with van der Waals surface area (Å²) >= 11 is 12.0. The largest absolute Gasteiger partial charge is 0.484 e. The molecule has 168 valence electrons. The maximum atomic E-state index is 12.4. The van der Waals surface area contributed by atoms with Crippen molar-refractivity contribution in [2.75, 3.05) is 18.5 Å². The Balaban J connectivity index is 1.67. The highest BCUT2D eigenvalue weighted by Gasteiger charge is 2.32. The van der Waals surface area contributed by atoms with Gasteiger partial charge in [0, 0.05) is 5.70 Å². The van der Waals surface area contributed by atoms with E-state index >= 15 is 0 Å². The molecule has 8 nitrogen and oxygen atoms in total. The molecule has 1 unspecified atom stereocenters. The van der Waals surface area contributed by atoms with Crippen molar-refractivity contribution in [3.05, 3.63) is 69.3 Å². The van der Waals surface area contributed by atoms with Crippen molar-refractivity contribution < 1.29 is 23.9 Å². The molecule has 32 heavy (non-hydrogen) atoms. The Morgan fingerprint density at radius 3 is 2.53 bits per heavy atom. The molecule has 1 heterocycles. The average Bonchev–Trinajstić information content (AvgIpc) is 2.75. The molecule has 3 N–H and O–H groups in total. The second kappa shape index (κ2) is 10.4. The number of esters is 1. The van der Waals surface area contributed by atoms with E-state index in [2.05, 4.69) is 16.0 Å². The molecule has 0 bridgehead atoms. The normalized spacial score (nSPS) is 15.5. The lowest BCUT2D eigenvalue weighted by molar-refractivity contribution is -0.139. The molecular weight excluding hydrogens is 457 g/mol. The third-order valence-corrected chi connectivity index (χ3v) is 5.39. The van der Waals surface area contributed by atoms with E-state index in [1.54, 1.807) is 56.3 Å². The van der Waals surface area contributed by atoms with Gasteiger partial charge in [0.15, 0.2) is 6.61 Å². The van der Waals surface area contributed by atoms with Crippen LogP contribution in [-0.2, 0) is 14.3 Å². The molecule has 2 aromatic carbocycles. The molecule has 0 spiro atoms. The molecule has 1 aliphatic heterocycles. The van der Waals surface area contributed by atoms with Crippen LogP contribution in [0.2, 0.25) is 10.0 Å². The maximum absolute atomic E-state index is 12.4. The topological polar surface area (TPSA) is 106 Å². The Hall–Kier alpha value is -3.23. The first-order valence-corrected chi connectivity index (χ1v) is 10.5. The Morgan fingerprint density at radius 2 is 1.84 bits per heavy atom. The molecule has 0 aliphatic carbocycles. The zero-order valence-corrected chi connectivity index (χ0v) is 18.8. The summed E-state index contributed by atoms with van der Waals surface area (Å²) in [4.78, 5) is 36.5. The van der Waals surface area contributed by atoms with Gasteiger partial charge < -0.3 is 25.4 Å². The van der Waals surface area contributed by atoms with Gasteiger partial charge in [-0.15, -0.1) is 0 Å². The summed E-state index contributed by atoms with van der Waals surface area (Å²) in [5.41, 5.74) is 1.79. The molecule has 1 atom stereocenters. The first kappa shape index (κ1) is 23.4. The predicted octanol–water partition coefficient (Wildman–Crippen LogP) is 4.20. The van der Waals surface area contributed by atoms with Gasteiger partial charge in [-0.25, -0.2) is 9.59 Å². The van der Waals surface area contributed by atoms with Crippen LogP contribution in [-0.4, -0.2) is 31.1 Å². The lowest BCUT2D eigenvalue weighted by Crippen LogP contribution is -2.45. The fourth-order valence-corrected chi connectivity index (χ4v) is 3.46. The van der Waals surface area contributed by atoms with Crippen LogP contribution >= 0.6 is 23.2 Å². The highest BCUT2D eigenvalue weighted by atomic mass is 35.5. The van der Waals surface area contributed by atoms with Gasteiger partial charge in [-0.1, -0.05) is 41.4 Å². The molecule has 10 heteroatoms. The van der Waals surface area contributed by atoms with Crippen molar-refractivity contribution in [2.45, 2.75) is 19.9 Å². The van der Waals surface area contributed by atoms with Gasteiger partial charge in [0.25, 0.3) is 5.91 Å². The lowest BCUT2D eigenvalue weighted by Gasteiger charge is -2.28. The number of hydrogen-bond acceptors (Lipinski definition) is 5. The number of carbonyl (C=O) groups is 3. The van der Waals surface area contributed by atoms with Crippen LogP contribution in [0.25, 0.3) is 0 Å². The number of carbonyl (C=O) groups excluding carboxylic acids is 3. The van der Waals surface area contributed by atoms with Crippen LogP contribution < -0.4 is 20.7 Å². The van der Waals surface area contributed by atoms with Crippen molar-refractivity contribution in [2.24, 2.45) is 0 Å². The lowest BCUT2D eigenvalue weighted by atomic mass is 9.95. The van der Waals surface area contributed by atoms with Gasteiger partial charge in [-0.05, 0) is 43.7 Å². The standard InChI is InChI=1S/C22H21Cl2N3O5/c1-3-31-21(29)18-12(2)25-22(30)27-20(18)13-7-9-14(10-8-13)32-11-17(28)26-16-6-4-5-15(23)19(16)24/h4-10,20H,3,11H2,1-2H3,(H,26,28)(H2,25,27,30). The fraction of sp³-hybridized carbons (Fsp3) is 0.227. The van der Waals surface area contributed by atoms with E-state index in [1.807, 2.05) is 0 Å². The number of halogens is 2. The summed E-state index contributed by atoms with van der Waals surface area (Å²) in [6, 6.07) is 10.5.